The lowest BCUT2D eigenvalue weighted by molar-refractivity contribution is 0.157. The number of ether oxygens (including phenoxy) is 1. The second-order valence-electron chi connectivity index (χ2n) is 6.36. The molecule has 1 N–H and O–H groups in total. The number of rotatable bonds is 2. The van der Waals surface area contributed by atoms with Crippen molar-refractivity contribution in [3.05, 3.63) is 59.7 Å². The summed E-state index contributed by atoms with van der Waals surface area (Å²) in [5.41, 5.74) is -0.195. The highest BCUT2D eigenvalue weighted by atomic mass is 32.2. The van der Waals surface area contributed by atoms with Crippen LogP contribution >= 0.6 is 0 Å². The van der Waals surface area contributed by atoms with Crippen molar-refractivity contribution in [2.45, 2.75) is 28.5 Å². The van der Waals surface area contributed by atoms with Crippen LogP contribution in [0, 0.1) is 11.6 Å². The fourth-order valence-corrected chi connectivity index (χ4v) is 6.29. The molecule has 25 heavy (non-hydrogen) atoms. The van der Waals surface area contributed by atoms with Crippen LogP contribution < -0.4 is 10.1 Å². The van der Waals surface area contributed by atoms with E-state index >= 15 is 0 Å². The van der Waals surface area contributed by atoms with Gasteiger partial charge in [0.25, 0.3) is 0 Å². The normalized spacial score (nSPS) is 25.6. The maximum absolute atomic E-state index is 14.8. The molecule has 0 spiro atoms. The maximum atomic E-state index is 14.8. The quantitative estimate of drug-likeness (QED) is 0.889. The third-order valence-electron chi connectivity index (χ3n) is 5.09. The van der Waals surface area contributed by atoms with Crippen LogP contribution in [0.15, 0.2) is 47.4 Å². The fourth-order valence-electron chi connectivity index (χ4n) is 3.96. The monoisotopic (exact) mass is 365 g/mol. The van der Waals surface area contributed by atoms with E-state index in [1.54, 1.807) is 18.2 Å². The van der Waals surface area contributed by atoms with E-state index in [4.69, 9.17) is 4.74 Å². The van der Waals surface area contributed by atoms with E-state index in [-0.39, 0.29) is 29.2 Å². The summed E-state index contributed by atoms with van der Waals surface area (Å²) in [4.78, 5) is 0.0974. The lowest BCUT2D eigenvalue weighted by Crippen LogP contribution is -2.61. The van der Waals surface area contributed by atoms with Crippen molar-refractivity contribution < 1.29 is 21.9 Å². The third-order valence-corrected chi connectivity index (χ3v) is 7.63. The molecule has 1 fully saturated rings. The van der Waals surface area contributed by atoms with Crippen molar-refractivity contribution in [2.24, 2.45) is 0 Å². The molecule has 2 aliphatic rings. The zero-order valence-corrected chi connectivity index (χ0v) is 14.2. The zero-order chi connectivity index (χ0) is 17.7. The second kappa shape index (κ2) is 5.78. The Balaban J connectivity index is 2.05. The molecule has 2 heterocycles. The molecule has 4 rings (SSSR count). The number of sulfone groups is 1. The summed E-state index contributed by atoms with van der Waals surface area (Å²) in [6.45, 7) is 0.575. The Kier molecular flexibility index (Phi) is 3.81. The smallest absolute Gasteiger partial charge is 0.190 e. The molecule has 0 radical (unpaired) electrons. The highest BCUT2D eigenvalue weighted by Crippen LogP contribution is 2.51. The topological polar surface area (TPSA) is 55.4 Å². The molecule has 2 aromatic carbocycles. The summed E-state index contributed by atoms with van der Waals surface area (Å²) >= 11 is 0. The Hall–Kier alpha value is -1.99. The van der Waals surface area contributed by atoms with Gasteiger partial charge in [0.05, 0.1) is 16.5 Å². The second-order valence-corrected chi connectivity index (χ2v) is 8.57. The molecule has 0 aliphatic carbocycles. The van der Waals surface area contributed by atoms with Crippen molar-refractivity contribution >= 4 is 9.84 Å². The Morgan fingerprint density at radius 2 is 1.80 bits per heavy atom. The summed E-state index contributed by atoms with van der Waals surface area (Å²) in [6.07, 6.45) is 0.747. The molecule has 2 atom stereocenters. The van der Waals surface area contributed by atoms with E-state index in [9.17, 15) is 17.2 Å². The maximum Gasteiger partial charge on any atom is 0.190 e. The van der Waals surface area contributed by atoms with Gasteiger partial charge in [-0.2, -0.15) is 0 Å². The number of piperidine rings is 1. The van der Waals surface area contributed by atoms with Crippen LogP contribution in [-0.4, -0.2) is 27.6 Å². The molecule has 1 saturated heterocycles. The lowest BCUT2D eigenvalue weighted by Gasteiger charge is -2.47. The van der Waals surface area contributed by atoms with Crippen molar-refractivity contribution in [2.75, 3.05) is 13.2 Å². The number of nitrogens with one attached hydrogen (secondary N) is 1. The predicted octanol–water partition coefficient (Wildman–Crippen LogP) is 2.78. The van der Waals surface area contributed by atoms with Gasteiger partial charge in [0, 0.05) is 0 Å². The van der Waals surface area contributed by atoms with Crippen LogP contribution in [0.4, 0.5) is 8.78 Å². The average Bonchev–Trinajstić information content (AvgIpc) is 2.64. The predicted molar refractivity (Wildman–Crippen MR) is 88.2 cm³/mol. The summed E-state index contributed by atoms with van der Waals surface area (Å²) in [7, 11) is -3.99. The summed E-state index contributed by atoms with van der Waals surface area (Å²) in [6, 6.07) is 9.23. The van der Waals surface area contributed by atoms with E-state index in [2.05, 4.69) is 5.32 Å². The molecule has 7 heteroatoms. The Morgan fingerprint density at radius 3 is 2.56 bits per heavy atom. The SMILES string of the molecule is O=S(=O)(c1ccccc1)C12CCCNC1COc1c(F)ccc(F)c12. The van der Waals surface area contributed by atoms with Gasteiger partial charge >= 0.3 is 0 Å². The highest BCUT2D eigenvalue weighted by Gasteiger charge is 2.58. The van der Waals surface area contributed by atoms with E-state index in [1.165, 1.54) is 12.1 Å². The molecular weight excluding hydrogens is 348 g/mol. The molecule has 132 valence electrons. The van der Waals surface area contributed by atoms with Gasteiger partial charge in [0.15, 0.2) is 21.4 Å². The van der Waals surface area contributed by atoms with Gasteiger partial charge in [-0.3, -0.25) is 0 Å². The molecular formula is C18H17F2NO3S. The van der Waals surface area contributed by atoms with Crippen LogP contribution in [-0.2, 0) is 14.6 Å². The van der Waals surface area contributed by atoms with E-state index in [0.29, 0.717) is 13.0 Å². The van der Waals surface area contributed by atoms with Crippen LogP contribution in [0.1, 0.15) is 18.4 Å². The third kappa shape index (κ3) is 2.22. The van der Waals surface area contributed by atoms with Crippen LogP contribution in [0.25, 0.3) is 0 Å². The van der Waals surface area contributed by atoms with Crippen LogP contribution in [0.3, 0.4) is 0 Å². The van der Waals surface area contributed by atoms with Gasteiger partial charge in [0.1, 0.15) is 17.2 Å². The van der Waals surface area contributed by atoms with Crippen molar-refractivity contribution in [3.8, 4) is 5.75 Å². The molecule has 2 aromatic rings. The largest absolute Gasteiger partial charge is 0.488 e. The first-order chi connectivity index (χ1) is 12.0. The van der Waals surface area contributed by atoms with E-state index in [0.717, 1.165) is 12.1 Å². The molecule has 0 saturated carbocycles. The minimum atomic E-state index is -3.99. The number of hydrogen-bond donors (Lipinski definition) is 1. The Labute approximate surface area is 144 Å². The van der Waals surface area contributed by atoms with E-state index < -0.39 is 32.3 Å². The van der Waals surface area contributed by atoms with Gasteiger partial charge in [-0.25, -0.2) is 17.2 Å². The van der Waals surface area contributed by atoms with Crippen molar-refractivity contribution in [1.82, 2.24) is 5.32 Å². The van der Waals surface area contributed by atoms with Crippen molar-refractivity contribution in [3.63, 3.8) is 0 Å². The van der Waals surface area contributed by atoms with Crippen LogP contribution in [0.5, 0.6) is 5.75 Å². The first kappa shape index (κ1) is 16.5. The average molecular weight is 365 g/mol. The molecule has 2 aliphatic heterocycles. The summed E-state index contributed by atoms with van der Waals surface area (Å²) < 4.78 is 60.0. The van der Waals surface area contributed by atoms with Crippen LogP contribution in [0.2, 0.25) is 0 Å². The number of hydrogen-bond acceptors (Lipinski definition) is 4. The molecule has 2 unspecified atom stereocenters. The van der Waals surface area contributed by atoms with Gasteiger partial charge in [0.2, 0.25) is 0 Å². The minimum absolute atomic E-state index is 0.0283. The lowest BCUT2D eigenvalue weighted by atomic mass is 9.81. The van der Waals surface area contributed by atoms with E-state index in [1.807, 2.05) is 0 Å². The molecule has 0 bridgehead atoms. The number of halogens is 2. The van der Waals surface area contributed by atoms with Gasteiger partial charge in [-0.1, -0.05) is 18.2 Å². The van der Waals surface area contributed by atoms with Gasteiger partial charge < -0.3 is 10.1 Å². The Bertz CT molecular complexity index is 917. The summed E-state index contributed by atoms with van der Waals surface area (Å²) in [5.74, 6) is -1.80. The zero-order valence-electron chi connectivity index (χ0n) is 13.3. The van der Waals surface area contributed by atoms with Crippen molar-refractivity contribution in [1.29, 1.82) is 0 Å². The molecule has 0 amide bonds. The first-order valence-corrected chi connectivity index (χ1v) is 9.61. The minimum Gasteiger partial charge on any atom is -0.488 e. The standard InChI is InChI=1S/C18H17F2NO3S/c19-13-7-8-14(20)17-16(13)18(9-4-10-21-15(18)11-24-17)25(22,23)12-5-2-1-3-6-12/h1-3,5-8,15,21H,4,9-11H2. The number of fused-ring (bicyclic) bond motifs is 3. The van der Waals surface area contributed by atoms with Gasteiger partial charge in [-0.15, -0.1) is 0 Å². The molecule has 4 nitrogen and oxygen atoms in total. The fraction of sp³-hybridized carbons (Fsp3) is 0.333. The molecule has 0 aromatic heterocycles. The van der Waals surface area contributed by atoms with Gasteiger partial charge in [-0.05, 0) is 43.7 Å². The Morgan fingerprint density at radius 1 is 1.08 bits per heavy atom. The summed E-state index contributed by atoms with van der Waals surface area (Å²) in [5, 5.41) is 3.13. The first-order valence-electron chi connectivity index (χ1n) is 8.13. The highest BCUT2D eigenvalue weighted by molar-refractivity contribution is 7.92. The number of benzene rings is 2.